The number of aryl methyl sites for hydroxylation is 1. The standard InChI is InChI=1S/C14H13N7O/c1-21-7-17-12-13(15-6-16-14(12)21)19-10-3-8-5-18-20-9(8)4-11(10)22-2/h3-7H,1-2H3,(H,18,20)(H,15,16,19). The zero-order valence-corrected chi connectivity index (χ0v) is 12.0. The van der Waals surface area contributed by atoms with Gasteiger partial charge in [-0.2, -0.15) is 5.10 Å². The molecule has 2 N–H and O–H groups in total. The highest BCUT2D eigenvalue weighted by Crippen LogP contribution is 2.32. The van der Waals surface area contributed by atoms with Crippen LogP contribution >= 0.6 is 0 Å². The van der Waals surface area contributed by atoms with Crippen LogP contribution in [0.1, 0.15) is 0 Å². The molecule has 3 heterocycles. The van der Waals surface area contributed by atoms with Crippen LogP contribution in [0.3, 0.4) is 0 Å². The van der Waals surface area contributed by atoms with Gasteiger partial charge in [-0.05, 0) is 6.07 Å². The molecule has 0 spiro atoms. The molecule has 0 unspecified atom stereocenters. The molecule has 0 aliphatic rings. The van der Waals surface area contributed by atoms with Crippen LogP contribution < -0.4 is 10.1 Å². The van der Waals surface area contributed by atoms with Crippen LogP contribution in [-0.2, 0) is 7.05 Å². The summed E-state index contributed by atoms with van der Waals surface area (Å²) >= 11 is 0. The first-order chi connectivity index (χ1) is 10.8. The van der Waals surface area contributed by atoms with Gasteiger partial charge in [0, 0.05) is 18.5 Å². The molecule has 110 valence electrons. The number of H-pyrrole nitrogens is 1. The Balaban J connectivity index is 1.84. The highest BCUT2D eigenvalue weighted by molar-refractivity contribution is 5.90. The summed E-state index contributed by atoms with van der Waals surface area (Å²) in [5, 5.41) is 11.2. The smallest absolute Gasteiger partial charge is 0.165 e. The second-order valence-corrected chi connectivity index (χ2v) is 4.88. The number of nitrogens with one attached hydrogen (secondary N) is 2. The fourth-order valence-electron chi connectivity index (χ4n) is 2.40. The topological polar surface area (TPSA) is 93.5 Å². The third kappa shape index (κ3) is 1.85. The van der Waals surface area contributed by atoms with E-state index in [1.165, 1.54) is 6.33 Å². The van der Waals surface area contributed by atoms with Gasteiger partial charge in [0.1, 0.15) is 12.1 Å². The van der Waals surface area contributed by atoms with Crippen molar-refractivity contribution >= 4 is 33.6 Å². The molecular formula is C14H13N7O. The van der Waals surface area contributed by atoms with E-state index in [0.29, 0.717) is 17.1 Å². The van der Waals surface area contributed by atoms with Crippen LogP contribution in [0.4, 0.5) is 11.5 Å². The monoisotopic (exact) mass is 295 g/mol. The van der Waals surface area contributed by atoms with Crippen LogP contribution in [0, 0.1) is 0 Å². The van der Waals surface area contributed by atoms with Crippen LogP contribution in [0.5, 0.6) is 5.75 Å². The molecule has 4 rings (SSSR count). The Bertz CT molecular complexity index is 972. The summed E-state index contributed by atoms with van der Waals surface area (Å²) < 4.78 is 7.28. The van der Waals surface area contributed by atoms with Gasteiger partial charge in [-0.25, -0.2) is 15.0 Å². The number of methoxy groups -OCH3 is 1. The number of aromatic nitrogens is 6. The second-order valence-electron chi connectivity index (χ2n) is 4.88. The lowest BCUT2D eigenvalue weighted by Gasteiger charge is -2.11. The summed E-state index contributed by atoms with van der Waals surface area (Å²) in [4.78, 5) is 12.9. The Morgan fingerprint density at radius 3 is 3.00 bits per heavy atom. The summed E-state index contributed by atoms with van der Waals surface area (Å²) in [5.41, 5.74) is 3.18. The van der Waals surface area contributed by atoms with Crippen molar-refractivity contribution < 1.29 is 4.74 Å². The molecule has 1 aromatic carbocycles. The first-order valence-corrected chi connectivity index (χ1v) is 6.66. The fraction of sp³-hybridized carbons (Fsp3) is 0.143. The van der Waals surface area contributed by atoms with Crippen molar-refractivity contribution in [3.63, 3.8) is 0 Å². The minimum absolute atomic E-state index is 0.631. The first-order valence-electron chi connectivity index (χ1n) is 6.66. The zero-order chi connectivity index (χ0) is 15.1. The Morgan fingerprint density at radius 1 is 1.23 bits per heavy atom. The third-order valence-electron chi connectivity index (χ3n) is 3.51. The fourth-order valence-corrected chi connectivity index (χ4v) is 2.40. The molecule has 0 fully saturated rings. The number of ether oxygens (including phenoxy) is 1. The Hall–Kier alpha value is -3.16. The molecular weight excluding hydrogens is 282 g/mol. The molecule has 8 nitrogen and oxygen atoms in total. The van der Waals surface area contributed by atoms with Gasteiger partial charge in [0.25, 0.3) is 0 Å². The summed E-state index contributed by atoms with van der Waals surface area (Å²) in [6, 6.07) is 3.84. The van der Waals surface area contributed by atoms with Crippen molar-refractivity contribution in [2.45, 2.75) is 0 Å². The van der Waals surface area contributed by atoms with Gasteiger partial charge < -0.3 is 14.6 Å². The molecule has 0 saturated carbocycles. The SMILES string of the molecule is COc1cc2[nH]ncc2cc1Nc1ncnc2c1ncn2C. The number of aromatic amines is 1. The van der Waals surface area contributed by atoms with E-state index in [4.69, 9.17) is 4.74 Å². The predicted octanol–water partition coefficient (Wildman–Crippen LogP) is 1.99. The summed E-state index contributed by atoms with van der Waals surface area (Å²) in [7, 11) is 3.52. The van der Waals surface area contributed by atoms with Crippen molar-refractivity contribution in [2.75, 3.05) is 12.4 Å². The lowest BCUT2D eigenvalue weighted by molar-refractivity contribution is 0.417. The number of imidazole rings is 1. The summed E-state index contributed by atoms with van der Waals surface area (Å²) in [6.45, 7) is 0. The molecule has 0 aliphatic heterocycles. The van der Waals surface area contributed by atoms with Gasteiger partial charge in [0.05, 0.1) is 30.8 Å². The highest BCUT2D eigenvalue weighted by atomic mass is 16.5. The normalized spacial score (nSPS) is 11.2. The third-order valence-corrected chi connectivity index (χ3v) is 3.51. The molecule has 8 heteroatoms. The molecule has 0 atom stereocenters. The van der Waals surface area contributed by atoms with E-state index in [1.54, 1.807) is 19.6 Å². The van der Waals surface area contributed by atoms with E-state index >= 15 is 0 Å². The van der Waals surface area contributed by atoms with Crippen molar-refractivity contribution in [3.05, 3.63) is 31.0 Å². The minimum atomic E-state index is 0.631. The highest BCUT2D eigenvalue weighted by Gasteiger charge is 2.12. The van der Waals surface area contributed by atoms with Gasteiger partial charge in [-0.15, -0.1) is 0 Å². The average Bonchev–Trinajstić information content (AvgIpc) is 3.14. The summed E-state index contributed by atoms with van der Waals surface area (Å²) in [6.07, 6.45) is 4.98. The van der Waals surface area contributed by atoms with E-state index in [2.05, 4.69) is 30.5 Å². The number of fused-ring (bicyclic) bond motifs is 2. The lowest BCUT2D eigenvalue weighted by atomic mass is 10.2. The van der Waals surface area contributed by atoms with E-state index in [9.17, 15) is 0 Å². The lowest BCUT2D eigenvalue weighted by Crippen LogP contribution is -1.99. The van der Waals surface area contributed by atoms with Crippen molar-refractivity contribution in [1.82, 2.24) is 29.7 Å². The maximum Gasteiger partial charge on any atom is 0.165 e. The molecule has 4 aromatic rings. The number of benzene rings is 1. The van der Waals surface area contributed by atoms with E-state index < -0.39 is 0 Å². The Morgan fingerprint density at radius 2 is 2.14 bits per heavy atom. The van der Waals surface area contributed by atoms with Gasteiger partial charge in [-0.3, -0.25) is 5.10 Å². The number of nitrogens with zero attached hydrogens (tertiary/aromatic N) is 5. The van der Waals surface area contributed by atoms with Gasteiger partial charge in [0.15, 0.2) is 17.0 Å². The Labute approximate surface area is 125 Å². The van der Waals surface area contributed by atoms with Crippen molar-refractivity contribution in [3.8, 4) is 5.75 Å². The van der Waals surface area contributed by atoms with E-state index in [-0.39, 0.29) is 0 Å². The zero-order valence-electron chi connectivity index (χ0n) is 12.0. The average molecular weight is 295 g/mol. The first kappa shape index (κ1) is 12.6. The molecule has 0 saturated heterocycles. The van der Waals surface area contributed by atoms with Crippen LogP contribution in [0.15, 0.2) is 31.0 Å². The van der Waals surface area contributed by atoms with Crippen LogP contribution in [-0.4, -0.2) is 36.8 Å². The predicted molar refractivity (Wildman–Crippen MR) is 82.2 cm³/mol. The van der Waals surface area contributed by atoms with E-state index in [1.807, 2.05) is 23.7 Å². The quantitative estimate of drug-likeness (QED) is 0.600. The van der Waals surface area contributed by atoms with Gasteiger partial charge in [0.2, 0.25) is 0 Å². The molecule has 0 bridgehead atoms. The molecule has 22 heavy (non-hydrogen) atoms. The molecule has 3 aromatic heterocycles. The second kappa shape index (κ2) is 4.69. The van der Waals surface area contributed by atoms with Crippen LogP contribution in [0.25, 0.3) is 22.1 Å². The van der Waals surface area contributed by atoms with Crippen molar-refractivity contribution in [1.29, 1.82) is 0 Å². The van der Waals surface area contributed by atoms with Crippen LogP contribution in [0.2, 0.25) is 0 Å². The minimum Gasteiger partial charge on any atom is -0.494 e. The Kier molecular flexibility index (Phi) is 2.68. The van der Waals surface area contributed by atoms with Gasteiger partial charge >= 0.3 is 0 Å². The number of anilines is 2. The number of rotatable bonds is 3. The number of hydrogen-bond donors (Lipinski definition) is 2. The van der Waals surface area contributed by atoms with Crippen molar-refractivity contribution in [2.24, 2.45) is 7.05 Å². The molecule has 0 aliphatic carbocycles. The van der Waals surface area contributed by atoms with Gasteiger partial charge in [-0.1, -0.05) is 0 Å². The summed E-state index contributed by atoms with van der Waals surface area (Å²) in [5.74, 6) is 1.33. The maximum absolute atomic E-state index is 5.43. The largest absolute Gasteiger partial charge is 0.494 e. The number of hydrogen-bond acceptors (Lipinski definition) is 6. The maximum atomic E-state index is 5.43. The van der Waals surface area contributed by atoms with E-state index in [0.717, 1.165) is 22.2 Å². The molecule has 0 radical (unpaired) electrons. The molecule has 0 amide bonds.